The average Bonchev–Trinajstić information content (AvgIpc) is 2.65. The molecule has 0 aliphatic rings. The van der Waals surface area contributed by atoms with Gasteiger partial charge in [-0.2, -0.15) is 0 Å². The fourth-order valence-corrected chi connectivity index (χ4v) is 3.13. The molecule has 4 nitrogen and oxygen atoms in total. The van der Waals surface area contributed by atoms with E-state index in [1.807, 2.05) is 36.4 Å². The third-order valence-electron chi connectivity index (χ3n) is 4.62. The van der Waals surface area contributed by atoms with Crippen LogP contribution >= 0.6 is 0 Å². The number of rotatable bonds is 8. The highest BCUT2D eigenvalue weighted by Crippen LogP contribution is 2.38. The van der Waals surface area contributed by atoms with E-state index in [9.17, 15) is 0 Å². The van der Waals surface area contributed by atoms with E-state index >= 15 is 0 Å². The molecule has 128 valence electrons. The van der Waals surface area contributed by atoms with Crippen LogP contribution in [-0.2, 0) is 0 Å². The largest absolute Gasteiger partial charge is 0.388 e. The van der Waals surface area contributed by atoms with Gasteiger partial charge in [0.15, 0.2) is 0 Å². The first kappa shape index (κ1) is 18.4. The zero-order valence-electron chi connectivity index (χ0n) is 14.6. The van der Waals surface area contributed by atoms with Crippen LogP contribution in [-0.4, -0.2) is 0 Å². The van der Waals surface area contributed by atoms with Gasteiger partial charge in [0.1, 0.15) is 11.5 Å². The molecule has 2 rings (SSSR count). The molecule has 0 heterocycles. The molecule has 0 aliphatic heterocycles. The van der Waals surface area contributed by atoms with Crippen molar-refractivity contribution in [3.8, 4) is 24.0 Å². The van der Waals surface area contributed by atoms with Crippen molar-refractivity contribution in [2.75, 3.05) is 0 Å². The molecule has 0 N–H and O–H groups in total. The standard InChI is InChI=1S/C21H22N2O2/c1-3-16(4-2)13-20(17-9-11-18(12-10-17)24-14-22)19-7-5-6-8-21(19)25-15-23/h5-12,16,20H,3-4,13H2,1-2H3. The maximum atomic E-state index is 8.95. The molecule has 0 aromatic heterocycles. The number of nitriles is 2. The number of para-hydroxylation sites is 1. The van der Waals surface area contributed by atoms with Gasteiger partial charge < -0.3 is 9.47 Å². The summed E-state index contributed by atoms with van der Waals surface area (Å²) < 4.78 is 10.1. The summed E-state index contributed by atoms with van der Waals surface area (Å²) in [6, 6.07) is 15.2. The summed E-state index contributed by atoms with van der Waals surface area (Å²) in [7, 11) is 0. The van der Waals surface area contributed by atoms with Crippen molar-refractivity contribution in [2.24, 2.45) is 5.92 Å². The lowest BCUT2D eigenvalue weighted by molar-refractivity contribution is 0.423. The summed E-state index contributed by atoms with van der Waals surface area (Å²) in [5, 5.41) is 17.6. The second-order valence-corrected chi connectivity index (χ2v) is 5.96. The van der Waals surface area contributed by atoms with Crippen LogP contribution < -0.4 is 9.47 Å². The van der Waals surface area contributed by atoms with Crippen LogP contribution in [0.25, 0.3) is 0 Å². The van der Waals surface area contributed by atoms with Crippen LogP contribution in [0.2, 0.25) is 0 Å². The smallest absolute Gasteiger partial charge is 0.292 e. The minimum Gasteiger partial charge on any atom is -0.388 e. The normalized spacial score (nSPS) is 11.4. The molecule has 0 bridgehead atoms. The van der Waals surface area contributed by atoms with Gasteiger partial charge >= 0.3 is 0 Å². The third kappa shape index (κ3) is 4.75. The van der Waals surface area contributed by atoms with E-state index in [-0.39, 0.29) is 5.92 Å². The van der Waals surface area contributed by atoms with Gasteiger partial charge in [-0.3, -0.25) is 0 Å². The lowest BCUT2D eigenvalue weighted by Gasteiger charge is -2.24. The van der Waals surface area contributed by atoms with Gasteiger partial charge in [0.2, 0.25) is 0 Å². The molecular weight excluding hydrogens is 312 g/mol. The monoisotopic (exact) mass is 334 g/mol. The molecule has 0 aliphatic carbocycles. The highest BCUT2D eigenvalue weighted by atomic mass is 16.5. The lowest BCUT2D eigenvalue weighted by Crippen LogP contribution is -2.09. The molecule has 0 amide bonds. The molecule has 4 heteroatoms. The van der Waals surface area contributed by atoms with Crippen molar-refractivity contribution in [1.29, 1.82) is 10.5 Å². The molecule has 0 saturated heterocycles. The Balaban J connectivity index is 2.43. The van der Waals surface area contributed by atoms with E-state index in [1.54, 1.807) is 24.6 Å². The Morgan fingerprint density at radius 2 is 1.52 bits per heavy atom. The Kier molecular flexibility index (Phi) is 6.87. The van der Waals surface area contributed by atoms with Crippen LogP contribution in [0.15, 0.2) is 48.5 Å². The minimum atomic E-state index is 0.116. The molecule has 25 heavy (non-hydrogen) atoms. The average molecular weight is 334 g/mol. The van der Waals surface area contributed by atoms with Crippen molar-refractivity contribution in [2.45, 2.75) is 39.0 Å². The number of hydrogen-bond acceptors (Lipinski definition) is 4. The van der Waals surface area contributed by atoms with Crippen LogP contribution in [0.5, 0.6) is 11.5 Å². The predicted octanol–water partition coefficient (Wildman–Crippen LogP) is 5.36. The molecule has 2 aromatic carbocycles. The molecule has 0 saturated carbocycles. The second-order valence-electron chi connectivity index (χ2n) is 5.96. The predicted molar refractivity (Wildman–Crippen MR) is 95.9 cm³/mol. The van der Waals surface area contributed by atoms with E-state index < -0.39 is 0 Å². The summed E-state index contributed by atoms with van der Waals surface area (Å²) in [5.41, 5.74) is 2.12. The molecule has 0 fully saturated rings. The third-order valence-corrected chi connectivity index (χ3v) is 4.62. The van der Waals surface area contributed by atoms with Crippen LogP contribution in [0.3, 0.4) is 0 Å². The number of benzene rings is 2. The zero-order valence-corrected chi connectivity index (χ0v) is 14.6. The molecule has 0 spiro atoms. The van der Waals surface area contributed by atoms with Gasteiger partial charge in [0.25, 0.3) is 12.5 Å². The molecular formula is C21H22N2O2. The van der Waals surface area contributed by atoms with Gasteiger partial charge in [0.05, 0.1) is 0 Å². The Bertz CT molecular complexity index is 753. The van der Waals surface area contributed by atoms with Crippen molar-refractivity contribution in [1.82, 2.24) is 0 Å². The fraction of sp³-hybridized carbons (Fsp3) is 0.333. The second kappa shape index (κ2) is 9.35. The van der Waals surface area contributed by atoms with Crippen molar-refractivity contribution < 1.29 is 9.47 Å². The van der Waals surface area contributed by atoms with Crippen LogP contribution in [0.4, 0.5) is 0 Å². The molecule has 2 aromatic rings. The molecule has 0 radical (unpaired) electrons. The van der Waals surface area contributed by atoms with E-state index in [0.29, 0.717) is 17.4 Å². The van der Waals surface area contributed by atoms with Gasteiger partial charge in [-0.15, -0.1) is 10.5 Å². The van der Waals surface area contributed by atoms with E-state index in [1.165, 1.54) is 0 Å². The van der Waals surface area contributed by atoms with Gasteiger partial charge in [-0.05, 0) is 36.1 Å². The topological polar surface area (TPSA) is 66.0 Å². The Morgan fingerprint density at radius 3 is 2.12 bits per heavy atom. The lowest BCUT2D eigenvalue weighted by atomic mass is 9.81. The molecule has 1 atom stereocenters. The first-order valence-electron chi connectivity index (χ1n) is 8.54. The maximum absolute atomic E-state index is 8.95. The molecule has 1 unspecified atom stereocenters. The number of hydrogen-bond donors (Lipinski definition) is 0. The van der Waals surface area contributed by atoms with Crippen LogP contribution in [0, 0.1) is 29.0 Å². The van der Waals surface area contributed by atoms with Gasteiger partial charge in [-0.1, -0.05) is 57.0 Å². The summed E-state index contributed by atoms with van der Waals surface area (Å²) in [6.07, 6.45) is 6.64. The Hall–Kier alpha value is -2.98. The zero-order chi connectivity index (χ0) is 18.1. The SMILES string of the molecule is CCC(CC)CC(c1ccc(OC#N)cc1)c1ccccc1OC#N. The number of ether oxygens (including phenoxy) is 2. The van der Waals surface area contributed by atoms with Crippen molar-refractivity contribution >= 4 is 0 Å². The minimum absolute atomic E-state index is 0.116. The van der Waals surface area contributed by atoms with E-state index in [4.69, 9.17) is 20.0 Å². The summed E-state index contributed by atoms with van der Waals surface area (Å²) in [6.45, 7) is 4.40. The fourth-order valence-electron chi connectivity index (χ4n) is 3.13. The van der Waals surface area contributed by atoms with E-state index in [2.05, 4.69) is 13.8 Å². The summed E-state index contributed by atoms with van der Waals surface area (Å²) in [5.74, 6) is 1.81. The quantitative estimate of drug-likeness (QED) is 0.609. The highest BCUT2D eigenvalue weighted by Gasteiger charge is 2.22. The summed E-state index contributed by atoms with van der Waals surface area (Å²) in [4.78, 5) is 0. The van der Waals surface area contributed by atoms with Gasteiger partial charge in [0, 0.05) is 11.5 Å². The summed E-state index contributed by atoms with van der Waals surface area (Å²) >= 11 is 0. The van der Waals surface area contributed by atoms with Crippen molar-refractivity contribution in [3.05, 3.63) is 59.7 Å². The van der Waals surface area contributed by atoms with Crippen LogP contribution in [0.1, 0.15) is 50.2 Å². The van der Waals surface area contributed by atoms with Crippen molar-refractivity contribution in [3.63, 3.8) is 0 Å². The maximum Gasteiger partial charge on any atom is 0.292 e. The first-order valence-corrected chi connectivity index (χ1v) is 8.54. The van der Waals surface area contributed by atoms with Gasteiger partial charge in [-0.25, -0.2) is 0 Å². The Morgan fingerprint density at radius 1 is 0.880 bits per heavy atom. The first-order chi connectivity index (χ1) is 12.2. The highest BCUT2D eigenvalue weighted by molar-refractivity contribution is 5.43. The van der Waals surface area contributed by atoms with E-state index in [0.717, 1.165) is 30.4 Å². The Labute approximate surface area is 149 Å². The number of nitrogens with zero attached hydrogens (tertiary/aromatic N) is 2.